The number of hydrogen-bond acceptors (Lipinski definition) is 6. The van der Waals surface area contributed by atoms with Crippen LogP contribution in [0.2, 0.25) is 0 Å². The lowest BCUT2D eigenvalue weighted by atomic mass is 10.1. The largest absolute Gasteiger partial charge is 0.416 e. The summed E-state index contributed by atoms with van der Waals surface area (Å²) in [6.07, 6.45) is -4.65. The normalized spacial score (nSPS) is 18.2. The van der Waals surface area contributed by atoms with E-state index in [0.29, 0.717) is 43.2 Å². The van der Waals surface area contributed by atoms with Gasteiger partial charge >= 0.3 is 6.18 Å². The SMILES string of the molecule is CC(=O)Nc1ccc(NC(=O)C[C@H]2C(=O)NCCN2C(=O)CN2CCN(c3cccc(C(F)(F)F)c3)CC2)cc1. The molecular formula is C27H31F3N6O4. The number of benzene rings is 2. The van der Waals surface area contributed by atoms with E-state index in [-0.39, 0.29) is 37.9 Å². The van der Waals surface area contributed by atoms with Gasteiger partial charge in [0.1, 0.15) is 6.04 Å². The van der Waals surface area contributed by atoms with Crippen LogP contribution in [0, 0.1) is 0 Å². The van der Waals surface area contributed by atoms with Crippen LogP contribution in [0.15, 0.2) is 48.5 Å². The van der Waals surface area contributed by atoms with Crippen LogP contribution in [0.4, 0.5) is 30.2 Å². The van der Waals surface area contributed by atoms with Crippen molar-refractivity contribution in [2.75, 3.05) is 61.3 Å². The number of halogens is 3. The lowest BCUT2D eigenvalue weighted by molar-refractivity contribution is -0.145. The zero-order valence-electron chi connectivity index (χ0n) is 22.0. The molecule has 0 radical (unpaired) electrons. The number of anilines is 3. The van der Waals surface area contributed by atoms with Crippen LogP contribution < -0.4 is 20.9 Å². The summed E-state index contributed by atoms with van der Waals surface area (Å²) < 4.78 is 39.2. The first-order valence-corrected chi connectivity index (χ1v) is 12.9. The molecule has 2 aliphatic rings. The van der Waals surface area contributed by atoms with E-state index in [0.717, 1.165) is 12.1 Å². The van der Waals surface area contributed by atoms with E-state index in [9.17, 15) is 32.3 Å². The monoisotopic (exact) mass is 560 g/mol. The van der Waals surface area contributed by atoms with Crippen LogP contribution in [0.25, 0.3) is 0 Å². The zero-order valence-corrected chi connectivity index (χ0v) is 22.0. The maximum atomic E-state index is 13.2. The van der Waals surface area contributed by atoms with Crippen molar-refractivity contribution in [3.8, 4) is 0 Å². The Morgan fingerprint density at radius 1 is 0.950 bits per heavy atom. The smallest absolute Gasteiger partial charge is 0.369 e. The number of nitrogens with one attached hydrogen (secondary N) is 3. The zero-order chi connectivity index (χ0) is 28.9. The number of carbonyl (C=O) groups is 4. The molecule has 3 N–H and O–H groups in total. The molecule has 0 aliphatic carbocycles. The third-order valence-electron chi connectivity index (χ3n) is 6.79. The average Bonchev–Trinajstić information content (AvgIpc) is 2.90. The number of nitrogens with zero attached hydrogens (tertiary/aromatic N) is 3. The van der Waals surface area contributed by atoms with Crippen molar-refractivity contribution in [1.29, 1.82) is 0 Å². The Morgan fingerprint density at radius 3 is 2.23 bits per heavy atom. The van der Waals surface area contributed by atoms with Crippen LogP contribution in [0.3, 0.4) is 0 Å². The molecule has 10 nitrogen and oxygen atoms in total. The molecular weight excluding hydrogens is 529 g/mol. The molecule has 0 bridgehead atoms. The quantitative estimate of drug-likeness (QED) is 0.478. The first kappa shape index (κ1) is 28.9. The third-order valence-corrected chi connectivity index (χ3v) is 6.79. The predicted octanol–water partition coefficient (Wildman–Crippen LogP) is 2.14. The highest BCUT2D eigenvalue weighted by Gasteiger charge is 2.36. The van der Waals surface area contributed by atoms with E-state index >= 15 is 0 Å². The topological polar surface area (TPSA) is 114 Å². The van der Waals surface area contributed by atoms with Gasteiger partial charge in [0.25, 0.3) is 0 Å². The van der Waals surface area contributed by atoms with E-state index in [1.54, 1.807) is 30.3 Å². The minimum atomic E-state index is -4.42. The minimum Gasteiger partial charge on any atom is -0.369 e. The number of carbonyl (C=O) groups excluding carboxylic acids is 4. The van der Waals surface area contributed by atoms with Crippen LogP contribution >= 0.6 is 0 Å². The van der Waals surface area contributed by atoms with Crippen molar-refractivity contribution < 1.29 is 32.3 Å². The van der Waals surface area contributed by atoms with Gasteiger partial charge < -0.3 is 25.8 Å². The number of amides is 4. The molecule has 13 heteroatoms. The molecule has 1 atom stereocenters. The molecule has 0 unspecified atom stereocenters. The second-order valence-corrected chi connectivity index (χ2v) is 9.72. The fourth-order valence-electron chi connectivity index (χ4n) is 4.77. The Kier molecular flexibility index (Phi) is 8.93. The highest BCUT2D eigenvalue weighted by atomic mass is 19.4. The summed E-state index contributed by atoms with van der Waals surface area (Å²) in [5.74, 6) is -1.37. The predicted molar refractivity (Wildman–Crippen MR) is 143 cm³/mol. The van der Waals surface area contributed by atoms with Gasteiger partial charge in [-0.25, -0.2) is 0 Å². The van der Waals surface area contributed by atoms with Crippen molar-refractivity contribution in [3.05, 3.63) is 54.1 Å². The summed E-state index contributed by atoms with van der Waals surface area (Å²) in [5, 5.41) is 8.04. The molecule has 2 aromatic rings. The van der Waals surface area contributed by atoms with Crippen LogP contribution in [0.5, 0.6) is 0 Å². The summed E-state index contributed by atoms with van der Waals surface area (Å²) in [6.45, 7) is 3.77. The van der Waals surface area contributed by atoms with Crippen molar-refractivity contribution in [2.24, 2.45) is 0 Å². The van der Waals surface area contributed by atoms with Gasteiger partial charge in [-0.1, -0.05) is 6.07 Å². The highest BCUT2D eigenvalue weighted by molar-refractivity contribution is 5.98. The number of hydrogen-bond donors (Lipinski definition) is 3. The molecule has 40 heavy (non-hydrogen) atoms. The van der Waals surface area contributed by atoms with Gasteiger partial charge in [-0.05, 0) is 42.5 Å². The summed E-state index contributed by atoms with van der Waals surface area (Å²) in [7, 11) is 0. The Hall–Kier alpha value is -4.13. The Bertz CT molecular complexity index is 1250. The van der Waals surface area contributed by atoms with E-state index in [4.69, 9.17) is 0 Å². The van der Waals surface area contributed by atoms with Crippen molar-refractivity contribution in [2.45, 2.75) is 25.6 Å². The van der Waals surface area contributed by atoms with Crippen molar-refractivity contribution in [1.82, 2.24) is 15.1 Å². The molecule has 0 spiro atoms. The van der Waals surface area contributed by atoms with E-state index < -0.39 is 29.6 Å². The standard InChI is InChI=1S/C27H31F3N6O4/c1-18(37)32-20-5-7-21(8-6-20)33-24(38)16-23-26(40)31-9-10-36(23)25(39)17-34-11-13-35(14-12-34)22-4-2-3-19(15-22)27(28,29)30/h2-8,15,23H,9-14,16-17H2,1H3,(H,31,40)(H,32,37)(H,33,38)/t23-/m0/s1. The molecule has 0 saturated carbocycles. The van der Waals surface area contributed by atoms with Crippen LogP contribution in [-0.4, -0.2) is 85.3 Å². The molecule has 2 saturated heterocycles. The lowest BCUT2D eigenvalue weighted by Gasteiger charge is -2.39. The number of alkyl halides is 3. The molecule has 2 fully saturated rings. The second kappa shape index (κ2) is 12.4. The van der Waals surface area contributed by atoms with Crippen LogP contribution in [-0.2, 0) is 25.4 Å². The number of rotatable bonds is 7. The van der Waals surface area contributed by atoms with Crippen molar-refractivity contribution in [3.63, 3.8) is 0 Å². The van der Waals surface area contributed by atoms with Gasteiger partial charge in [-0.15, -0.1) is 0 Å². The Balaban J connectivity index is 1.31. The van der Waals surface area contributed by atoms with Crippen molar-refractivity contribution >= 4 is 40.7 Å². The van der Waals surface area contributed by atoms with Gasteiger partial charge in [0.05, 0.1) is 18.5 Å². The molecule has 4 amide bonds. The molecule has 2 aromatic carbocycles. The van der Waals surface area contributed by atoms with Gasteiger partial charge in [0, 0.05) is 63.3 Å². The first-order chi connectivity index (χ1) is 19.0. The molecule has 214 valence electrons. The summed E-state index contributed by atoms with van der Waals surface area (Å²) in [5.41, 5.74) is 0.823. The maximum Gasteiger partial charge on any atom is 0.416 e. The number of piperazine rings is 2. The first-order valence-electron chi connectivity index (χ1n) is 12.9. The fourth-order valence-corrected chi connectivity index (χ4v) is 4.77. The Morgan fingerprint density at radius 2 is 1.60 bits per heavy atom. The summed E-state index contributed by atoms with van der Waals surface area (Å²) in [4.78, 5) is 54.8. The van der Waals surface area contributed by atoms with E-state index in [1.165, 1.54) is 17.9 Å². The molecule has 2 aliphatic heterocycles. The lowest BCUT2D eigenvalue weighted by Crippen LogP contribution is -2.60. The van der Waals surface area contributed by atoms with Gasteiger partial charge in [0.15, 0.2) is 0 Å². The third kappa shape index (κ3) is 7.50. The van der Waals surface area contributed by atoms with Gasteiger partial charge in [-0.3, -0.25) is 24.1 Å². The minimum absolute atomic E-state index is 0.0342. The summed E-state index contributed by atoms with van der Waals surface area (Å²) in [6, 6.07) is 10.7. The highest BCUT2D eigenvalue weighted by Crippen LogP contribution is 2.32. The molecule has 0 aromatic heterocycles. The average molecular weight is 561 g/mol. The van der Waals surface area contributed by atoms with E-state index in [1.807, 2.05) is 9.80 Å². The van der Waals surface area contributed by atoms with E-state index in [2.05, 4.69) is 16.0 Å². The maximum absolute atomic E-state index is 13.2. The van der Waals surface area contributed by atoms with Gasteiger partial charge in [-0.2, -0.15) is 13.2 Å². The molecule has 2 heterocycles. The fraction of sp³-hybridized carbons (Fsp3) is 0.407. The second-order valence-electron chi connectivity index (χ2n) is 9.72. The summed E-state index contributed by atoms with van der Waals surface area (Å²) >= 11 is 0. The molecule has 4 rings (SSSR count). The van der Waals surface area contributed by atoms with Gasteiger partial charge in [0.2, 0.25) is 23.6 Å². The van der Waals surface area contributed by atoms with Crippen LogP contribution in [0.1, 0.15) is 18.9 Å². The Labute approximate surface area is 229 Å².